The van der Waals surface area contributed by atoms with E-state index in [9.17, 15) is 4.79 Å². The maximum atomic E-state index is 10.4. The van der Waals surface area contributed by atoms with Gasteiger partial charge in [-0.05, 0) is 12.3 Å². The van der Waals surface area contributed by atoms with Gasteiger partial charge in [0, 0.05) is 6.92 Å². The van der Waals surface area contributed by atoms with E-state index in [2.05, 4.69) is 5.32 Å². The zero-order valence-electron chi connectivity index (χ0n) is 7.23. The van der Waals surface area contributed by atoms with Gasteiger partial charge in [0.1, 0.15) is 6.04 Å². The lowest BCUT2D eigenvalue weighted by molar-refractivity contribution is -0.134. The van der Waals surface area contributed by atoms with Crippen molar-refractivity contribution in [2.75, 3.05) is 0 Å². The Labute approximate surface area is 75.9 Å². The first kappa shape index (κ1) is 11.2. The fourth-order valence-electron chi connectivity index (χ4n) is 0.623. The van der Waals surface area contributed by atoms with Crippen molar-refractivity contribution in [1.29, 1.82) is 0 Å². The van der Waals surface area contributed by atoms with Crippen LogP contribution >= 0.6 is 0 Å². The van der Waals surface area contributed by atoms with Crippen LogP contribution in [0, 0.1) is 0 Å². The number of nitrogens with two attached hydrogens (primary N) is 1. The largest absolute Gasteiger partial charge is 0.481 e. The predicted octanol–water partition coefficient (Wildman–Crippen LogP) is -0.396. The number of primary amides is 1. The molecule has 0 aromatic carbocycles. The number of allylic oxidation sites excluding steroid dienone is 2. The topological polar surface area (TPSA) is 92.4 Å². The molecule has 4 N–H and O–H groups in total. The average Bonchev–Trinajstić information content (AvgIpc) is 2.05. The number of aliphatic carboxylic acids is 1. The van der Waals surface area contributed by atoms with Gasteiger partial charge in [0.05, 0.1) is 0 Å². The van der Waals surface area contributed by atoms with Crippen LogP contribution < -0.4 is 11.1 Å². The molecule has 72 valence electrons. The van der Waals surface area contributed by atoms with E-state index >= 15 is 0 Å². The SMILES string of the molecule is CC(=O)O.NC(=O)C1C=CC=CN1. The number of carboxylic acid groups (broad SMARTS) is 1. The third kappa shape index (κ3) is 6.61. The molecule has 1 aliphatic rings. The molecule has 1 rings (SSSR count). The number of rotatable bonds is 1. The quantitative estimate of drug-likeness (QED) is 0.517. The Hall–Kier alpha value is -1.78. The molecule has 1 atom stereocenters. The normalized spacial score (nSPS) is 18.1. The zero-order chi connectivity index (χ0) is 10.3. The minimum atomic E-state index is -0.833. The molecular weight excluding hydrogens is 172 g/mol. The number of hydrogen-bond acceptors (Lipinski definition) is 3. The molecule has 0 aliphatic carbocycles. The number of carboxylic acids is 1. The molecule has 5 nitrogen and oxygen atoms in total. The summed E-state index contributed by atoms with van der Waals surface area (Å²) in [5.41, 5.74) is 4.98. The number of hydrogen-bond donors (Lipinski definition) is 3. The van der Waals surface area contributed by atoms with Crippen LogP contribution in [0.4, 0.5) is 0 Å². The summed E-state index contributed by atoms with van der Waals surface area (Å²) in [6.45, 7) is 1.08. The first-order valence-electron chi connectivity index (χ1n) is 3.62. The van der Waals surface area contributed by atoms with Gasteiger partial charge in [-0.2, -0.15) is 0 Å². The second-order valence-electron chi connectivity index (χ2n) is 2.31. The van der Waals surface area contributed by atoms with Gasteiger partial charge in [0.25, 0.3) is 5.97 Å². The van der Waals surface area contributed by atoms with Gasteiger partial charge in [-0.25, -0.2) is 0 Å². The number of carbonyl (C=O) groups is 2. The molecular formula is C8H12N2O3. The smallest absolute Gasteiger partial charge is 0.300 e. The van der Waals surface area contributed by atoms with E-state index in [-0.39, 0.29) is 11.9 Å². The Balaban J connectivity index is 0.000000310. The van der Waals surface area contributed by atoms with Crippen LogP contribution in [0.2, 0.25) is 0 Å². The molecule has 0 spiro atoms. The van der Waals surface area contributed by atoms with Crippen LogP contribution in [0.3, 0.4) is 0 Å². The van der Waals surface area contributed by atoms with Gasteiger partial charge >= 0.3 is 0 Å². The van der Waals surface area contributed by atoms with E-state index in [1.54, 1.807) is 24.4 Å². The highest BCUT2D eigenvalue weighted by molar-refractivity contribution is 5.82. The van der Waals surface area contributed by atoms with Crippen molar-refractivity contribution in [1.82, 2.24) is 5.32 Å². The van der Waals surface area contributed by atoms with E-state index < -0.39 is 5.97 Å². The van der Waals surface area contributed by atoms with Crippen LogP contribution in [0.15, 0.2) is 24.4 Å². The van der Waals surface area contributed by atoms with Crippen molar-refractivity contribution in [2.45, 2.75) is 13.0 Å². The minimum absolute atomic E-state index is 0.324. The van der Waals surface area contributed by atoms with Crippen LogP contribution in [0.25, 0.3) is 0 Å². The van der Waals surface area contributed by atoms with Crippen LogP contribution in [0.5, 0.6) is 0 Å². The summed E-state index contributed by atoms with van der Waals surface area (Å²) < 4.78 is 0. The summed E-state index contributed by atoms with van der Waals surface area (Å²) in [7, 11) is 0. The number of amides is 1. The minimum Gasteiger partial charge on any atom is -0.481 e. The summed E-state index contributed by atoms with van der Waals surface area (Å²) in [6.07, 6.45) is 6.99. The second kappa shape index (κ2) is 5.82. The van der Waals surface area contributed by atoms with Crippen LogP contribution in [0.1, 0.15) is 6.92 Å². The standard InChI is InChI=1S/C6H8N2O.C2H4O2/c7-6(9)5-3-1-2-4-8-5;1-2(3)4/h1-5,8H,(H2,7,9);1H3,(H,3,4). The summed E-state index contributed by atoms with van der Waals surface area (Å²) in [5, 5.41) is 10.2. The number of dihydropyridines is 1. The fraction of sp³-hybridized carbons (Fsp3) is 0.250. The molecule has 1 heterocycles. The fourth-order valence-corrected chi connectivity index (χ4v) is 0.623. The Bertz CT molecular complexity index is 242. The molecule has 0 radical (unpaired) electrons. The lowest BCUT2D eigenvalue weighted by Crippen LogP contribution is -2.37. The summed E-state index contributed by atoms with van der Waals surface area (Å²) in [5.74, 6) is -1.18. The molecule has 5 heteroatoms. The number of carbonyl (C=O) groups excluding carboxylic acids is 1. The lowest BCUT2D eigenvalue weighted by Gasteiger charge is -2.10. The lowest BCUT2D eigenvalue weighted by atomic mass is 10.2. The Morgan fingerprint density at radius 2 is 2.00 bits per heavy atom. The summed E-state index contributed by atoms with van der Waals surface area (Å²) in [6, 6.07) is -0.324. The molecule has 0 saturated carbocycles. The molecule has 1 unspecified atom stereocenters. The summed E-state index contributed by atoms with van der Waals surface area (Å²) >= 11 is 0. The molecule has 0 bridgehead atoms. The van der Waals surface area contributed by atoms with Gasteiger partial charge in [-0.15, -0.1) is 0 Å². The molecule has 0 aromatic heterocycles. The van der Waals surface area contributed by atoms with Crippen molar-refractivity contribution in [3.8, 4) is 0 Å². The van der Waals surface area contributed by atoms with E-state index in [0.29, 0.717) is 0 Å². The van der Waals surface area contributed by atoms with Crippen molar-refractivity contribution < 1.29 is 14.7 Å². The average molecular weight is 184 g/mol. The highest BCUT2D eigenvalue weighted by Crippen LogP contribution is 1.91. The summed E-state index contributed by atoms with van der Waals surface area (Å²) in [4.78, 5) is 19.4. The Kier molecular flexibility index (Phi) is 5.02. The van der Waals surface area contributed by atoms with Gasteiger partial charge in [0.15, 0.2) is 0 Å². The molecule has 0 saturated heterocycles. The van der Waals surface area contributed by atoms with Crippen LogP contribution in [-0.4, -0.2) is 23.0 Å². The molecule has 1 amide bonds. The first-order valence-corrected chi connectivity index (χ1v) is 3.62. The van der Waals surface area contributed by atoms with Crippen molar-refractivity contribution in [3.63, 3.8) is 0 Å². The predicted molar refractivity (Wildman–Crippen MR) is 47.7 cm³/mol. The van der Waals surface area contributed by atoms with Crippen molar-refractivity contribution in [3.05, 3.63) is 24.4 Å². The molecule has 1 aliphatic heterocycles. The van der Waals surface area contributed by atoms with Gasteiger partial charge in [0.2, 0.25) is 5.91 Å². The molecule has 0 fully saturated rings. The highest BCUT2D eigenvalue weighted by Gasteiger charge is 2.08. The van der Waals surface area contributed by atoms with Gasteiger partial charge in [-0.1, -0.05) is 12.2 Å². The van der Waals surface area contributed by atoms with E-state index in [1.165, 1.54) is 0 Å². The van der Waals surface area contributed by atoms with Gasteiger partial charge < -0.3 is 16.2 Å². The maximum Gasteiger partial charge on any atom is 0.300 e. The highest BCUT2D eigenvalue weighted by atomic mass is 16.4. The van der Waals surface area contributed by atoms with Crippen LogP contribution in [-0.2, 0) is 9.59 Å². The van der Waals surface area contributed by atoms with E-state index in [0.717, 1.165) is 6.92 Å². The van der Waals surface area contributed by atoms with Crippen molar-refractivity contribution in [2.24, 2.45) is 5.73 Å². The molecule has 0 aromatic rings. The monoisotopic (exact) mass is 184 g/mol. The Morgan fingerprint density at radius 1 is 1.46 bits per heavy atom. The van der Waals surface area contributed by atoms with Crippen molar-refractivity contribution >= 4 is 11.9 Å². The third-order valence-corrected chi connectivity index (χ3v) is 1.09. The number of nitrogens with one attached hydrogen (secondary N) is 1. The third-order valence-electron chi connectivity index (χ3n) is 1.09. The maximum absolute atomic E-state index is 10.4. The zero-order valence-corrected chi connectivity index (χ0v) is 7.23. The molecule has 13 heavy (non-hydrogen) atoms. The Morgan fingerprint density at radius 3 is 2.23 bits per heavy atom. The van der Waals surface area contributed by atoms with E-state index in [1.807, 2.05) is 0 Å². The second-order valence-corrected chi connectivity index (χ2v) is 2.31. The van der Waals surface area contributed by atoms with E-state index in [4.69, 9.17) is 15.6 Å². The van der Waals surface area contributed by atoms with Gasteiger partial charge in [-0.3, -0.25) is 9.59 Å². The first-order chi connectivity index (χ1) is 6.04.